The normalized spacial score (nSPS) is 17.8. The van der Waals surface area contributed by atoms with E-state index in [4.69, 9.17) is 9.47 Å². The van der Waals surface area contributed by atoms with Gasteiger partial charge in [-0.1, -0.05) is 26.0 Å². The van der Waals surface area contributed by atoms with Gasteiger partial charge in [-0.25, -0.2) is 0 Å². The van der Waals surface area contributed by atoms with E-state index < -0.39 is 0 Å². The molecule has 1 N–H and O–H groups in total. The van der Waals surface area contributed by atoms with Crippen LogP contribution in [-0.2, 0) is 11.3 Å². The lowest BCUT2D eigenvalue weighted by Crippen LogP contribution is -2.36. The Kier molecular flexibility index (Phi) is 9.35. The Morgan fingerprint density at radius 3 is 2.86 bits per heavy atom. The van der Waals surface area contributed by atoms with Gasteiger partial charge in [-0.05, 0) is 49.8 Å². The Morgan fingerprint density at radius 1 is 1.32 bits per heavy atom. The quantitative estimate of drug-likeness (QED) is 0.615. The van der Waals surface area contributed by atoms with Crippen LogP contribution in [0.25, 0.3) is 0 Å². The number of piperidine rings is 1. The molecule has 1 aliphatic rings. The molecule has 1 aromatic carbocycles. The summed E-state index contributed by atoms with van der Waals surface area (Å²) in [5.74, 6) is 2.81. The van der Waals surface area contributed by atoms with Gasteiger partial charge in [0.15, 0.2) is 0 Å². The zero-order valence-electron chi connectivity index (χ0n) is 17.9. The van der Waals surface area contributed by atoms with Gasteiger partial charge in [-0.2, -0.15) is 0 Å². The Labute approximate surface area is 170 Å². The molecular weight excluding hydrogens is 352 g/mol. The monoisotopic (exact) mass is 388 g/mol. The Morgan fingerprint density at radius 2 is 2.14 bits per heavy atom. The molecule has 5 nitrogen and oxygen atoms in total. The molecule has 5 heteroatoms. The summed E-state index contributed by atoms with van der Waals surface area (Å²) in [6.07, 6.45) is 8.54. The van der Waals surface area contributed by atoms with Gasteiger partial charge in [-0.3, -0.25) is 9.69 Å². The molecule has 0 aromatic heterocycles. The molecule has 1 atom stereocenters. The fraction of sp³-hybridized carbons (Fsp3) is 0.609. The van der Waals surface area contributed by atoms with E-state index in [2.05, 4.69) is 36.2 Å². The van der Waals surface area contributed by atoms with E-state index in [-0.39, 0.29) is 5.91 Å². The molecule has 2 rings (SSSR count). The molecule has 1 amide bonds. The summed E-state index contributed by atoms with van der Waals surface area (Å²) in [4.78, 5) is 14.8. The number of likely N-dealkylation sites (tertiary alicyclic amines) is 1. The number of benzene rings is 1. The molecule has 0 spiro atoms. The van der Waals surface area contributed by atoms with Gasteiger partial charge in [0, 0.05) is 37.7 Å². The van der Waals surface area contributed by atoms with E-state index in [9.17, 15) is 4.79 Å². The number of rotatable bonds is 10. The third-order valence-electron chi connectivity index (χ3n) is 5.24. The average Bonchev–Trinajstić information content (AvgIpc) is 2.70. The summed E-state index contributed by atoms with van der Waals surface area (Å²) >= 11 is 0. The van der Waals surface area contributed by atoms with Crippen molar-refractivity contribution in [1.82, 2.24) is 10.2 Å². The van der Waals surface area contributed by atoms with Gasteiger partial charge < -0.3 is 14.8 Å². The molecule has 156 valence electrons. The molecule has 1 fully saturated rings. The summed E-state index contributed by atoms with van der Waals surface area (Å²) in [5, 5.41) is 3.02. The fourth-order valence-electron chi connectivity index (χ4n) is 3.65. The number of hydrogen-bond acceptors (Lipinski definition) is 4. The Bertz CT molecular complexity index is 643. The van der Waals surface area contributed by atoms with Crippen LogP contribution in [0.4, 0.5) is 0 Å². The van der Waals surface area contributed by atoms with E-state index in [1.165, 1.54) is 19.4 Å². The molecule has 1 unspecified atom stereocenters. The lowest BCUT2D eigenvalue weighted by molar-refractivity contribution is -0.121. The Balaban J connectivity index is 1.73. The van der Waals surface area contributed by atoms with Gasteiger partial charge in [0.05, 0.1) is 14.2 Å². The SMILES string of the molecule is COc1ccc(CNC(=O)CCC2CCCN(CC=CC(C)C)C2)c(OC)c1. The molecule has 0 aliphatic carbocycles. The highest BCUT2D eigenvalue weighted by atomic mass is 16.5. The molecule has 28 heavy (non-hydrogen) atoms. The van der Waals surface area contributed by atoms with Crippen LogP contribution in [-0.4, -0.2) is 44.7 Å². The number of nitrogens with one attached hydrogen (secondary N) is 1. The van der Waals surface area contributed by atoms with Crippen molar-refractivity contribution in [2.24, 2.45) is 11.8 Å². The predicted molar refractivity (Wildman–Crippen MR) is 114 cm³/mol. The first-order chi connectivity index (χ1) is 13.5. The molecule has 1 aliphatic heterocycles. The van der Waals surface area contributed by atoms with Crippen molar-refractivity contribution in [3.63, 3.8) is 0 Å². The van der Waals surface area contributed by atoms with Crippen molar-refractivity contribution in [2.45, 2.75) is 46.1 Å². The third-order valence-corrected chi connectivity index (χ3v) is 5.24. The topological polar surface area (TPSA) is 50.8 Å². The first kappa shape index (κ1) is 22.3. The second-order valence-electron chi connectivity index (χ2n) is 7.93. The minimum atomic E-state index is 0.106. The first-order valence-corrected chi connectivity index (χ1v) is 10.4. The Hall–Kier alpha value is -2.01. The number of carbonyl (C=O) groups is 1. The van der Waals surface area contributed by atoms with Crippen LogP contribution in [0.2, 0.25) is 0 Å². The van der Waals surface area contributed by atoms with Crippen LogP contribution in [0.3, 0.4) is 0 Å². The smallest absolute Gasteiger partial charge is 0.220 e. The maximum absolute atomic E-state index is 12.3. The summed E-state index contributed by atoms with van der Waals surface area (Å²) in [6.45, 7) is 8.18. The molecule has 1 heterocycles. The standard InChI is InChI=1S/C23H36N2O3/c1-18(2)7-5-13-25-14-6-8-19(17-25)9-12-23(26)24-16-20-10-11-21(27-3)15-22(20)28-4/h5,7,10-11,15,18-19H,6,8-9,12-14,16-17H2,1-4H3,(H,24,26). The van der Waals surface area contributed by atoms with E-state index in [1.807, 2.05) is 18.2 Å². The highest BCUT2D eigenvalue weighted by Crippen LogP contribution is 2.25. The third kappa shape index (κ3) is 7.55. The maximum Gasteiger partial charge on any atom is 0.220 e. The predicted octanol–water partition coefficient (Wildman–Crippen LogP) is 4.02. The zero-order chi connectivity index (χ0) is 20.4. The fourth-order valence-corrected chi connectivity index (χ4v) is 3.65. The van der Waals surface area contributed by atoms with Crippen molar-refractivity contribution in [2.75, 3.05) is 33.9 Å². The van der Waals surface area contributed by atoms with Gasteiger partial charge in [0.2, 0.25) is 5.91 Å². The van der Waals surface area contributed by atoms with Crippen LogP contribution in [0, 0.1) is 11.8 Å². The summed E-state index contributed by atoms with van der Waals surface area (Å²) in [7, 11) is 3.26. The van der Waals surface area contributed by atoms with E-state index in [1.54, 1.807) is 14.2 Å². The minimum absolute atomic E-state index is 0.106. The number of hydrogen-bond donors (Lipinski definition) is 1. The van der Waals surface area contributed by atoms with Crippen molar-refractivity contribution >= 4 is 5.91 Å². The van der Waals surface area contributed by atoms with Crippen LogP contribution in [0.5, 0.6) is 11.5 Å². The summed E-state index contributed by atoms with van der Waals surface area (Å²) in [5.41, 5.74) is 0.956. The summed E-state index contributed by atoms with van der Waals surface area (Å²) < 4.78 is 10.6. The minimum Gasteiger partial charge on any atom is -0.497 e. The van der Waals surface area contributed by atoms with E-state index in [0.717, 1.165) is 36.6 Å². The van der Waals surface area contributed by atoms with Crippen LogP contribution in [0.1, 0.15) is 45.1 Å². The first-order valence-electron chi connectivity index (χ1n) is 10.4. The number of nitrogens with zero attached hydrogens (tertiary/aromatic N) is 1. The van der Waals surface area contributed by atoms with Gasteiger partial charge in [0.25, 0.3) is 0 Å². The van der Waals surface area contributed by atoms with Gasteiger partial charge in [0.1, 0.15) is 11.5 Å². The average molecular weight is 389 g/mol. The summed E-state index contributed by atoms with van der Waals surface area (Å²) in [6, 6.07) is 5.65. The lowest BCUT2D eigenvalue weighted by atomic mass is 9.93. The largest absolute Gasteiger partial charge is 0.497 e. The number of amides is 1. The van der Waals surface area contributed by atoms with Gasteiger partial charge in [-0.15, -0.1) is 0 Å². The molecular formula is C23H36N2O3. The van der Waals surface area contributed by atoms with Gasteiger partial charge >= 0.3 is 0 Å². The van der Waals surface area contributed by atoms with Crippen molar-refractivity contribution in [1.29, 1.82) is 0 Å². The van der Waals surface area contributed by atoms with E-state index >= 15 is 0 Å². The number of methoxy groups -OCH3 is 2. The molecule has 1 aromatic rings. The maximum atomic E-state index is 12.3. The van der Waals surface area contributed by atoms with Crippen molar-refractivity contribution in [3.8, 4) is 11.5 Å². The molecule has 0 radical (unpaired) electrons. The highest BCUT2D eigenvalue weighted by molar-refractivity contribution is 5.75. The second-order valence-corrected chi connectivity index (χ2v) is 7.93. The lowest BCUT2D eigenvalue weighted by Gasteiger charge is -2.32. The molecule has 1 saturated heterocycles. The highest BCUT2D eigenvalue weighted by Gasteiger charge is 2.20. The van der Waals surface area contributed by atoms with Crippen LogP contribution in [0.15, 0.2) is 30.4 Å². The number of allylic oxidation sites excluding steroid dienone is 1. The zero-order valence-corrected chi connectivity index (χ0v) is 17.9. The van der Waals surface area contributed by atoms with Crippen molar-refractivity contribution in [3.05, 3.63) is 35.9 Å². The van der Waals surface area contributed by atoms with E-state index in [0.29, 0.717) is 24.8 Å². The van der Waals surface area contributed by atoms with Crippen molar-refractivity contribution < 1.29 is 14.3 Å². The number of carbonyl (C=O) groups excluding carboxylic acids is 1. The van der Waals surface area contributed by atoms with Crippen LogP contribution >= 0.6 is 0 Å². The van der Waals surface area contributed by atoms with Crippen LogP contribution < -0.4 is 14.8 Å². The second kappa shape index (κ2) is 11.7. The number of ether oxygens (including phenoxy) is 2. The molecule has 0 bridgehead atoms. The molecule has 0 saturated carbocycles.